The molecule has 1 unspecified atom stereocenters. The SMILES string of the molecule is Cc1ccc(C2=CC=C[C@@H]3C([Si](C)(C)N4c5ccccc5Nc5ccccc54)[C@H](C(C)C)C[C@H]23)cc1. The number of rotatable bonds is 4. The van der Waals surface area contributed by atoms with E-state index in [4.69, 9.17) is 0 Å². The summed E-state index contributed by atoms with van der Waals surface area (Å²) in [5.74, 6) is 2.53. The average Bonchev–Trinajstić information content (AvgIpc) is 3.29. The van der Waals surface area contributed by atoms with Gasteiger partial charge in [-0.2, -0.15) is 0 Å². The lowest BCUT2D eigenvalue weighted by Gasteiger charge is -2.50. The molecule has 3 aliphatic rings. The van der Waals surface area contributed by atoms with Gasteiger partial charge in [-0.15, -0.1) is 0 Å². The minimum absolute atomic E-state index is 0.578. The Morgan fingerprint density at radius 3 is 2.08 bits per heavy atom. The zero-order valence-corrected chi connectivity index (χ0v) is 23.2. The first-order valence-electron chi connectivity index (χ1n) is 13.6. The summed E-state index contributed by atoms with van der Waals surface area (Å²) in [5.41, 5.74) is 10.1. The van der Waals surface area contributed by atoms with Gasteiger partial charge < -0.3 is 9.88 Å². The average molecular weight is 491 g/mol. The van der Waals surface area contributed by atoms with E-state index in [1.54, 1.807) is 5.57 Å². The van der Waals surface area contributed by atoms with Gasteiger partial charge in [0.2, 0.25) is 0 Å². The van der Waals surface area contributed by atoms with Crippen LogP contribution < -0.4 is 9.88 Å². The normalized spacial score (nSPS) is 24.6. The fourth-order valence-electron chi connectivity index (χ4n) is 7.46. The van der Waals surface area contributed by atoms with Crippen LogP contribution in [0.3, 0.4) is 0 Å². The number of hydrogen-bond donors (Lipinski definition) is 1. The summed E-state index contributed by atoms with van der Waals surface area (Å²) < 4.78 is 2.79. The van der Waals surface area contributed by atoms with E-state index in [1.165, 1.54) is 40.3 Å². The van der Waals surface area contributed by atoms with Crippen molar-refractivity contribution in [1.82, 2.24) is 0 Å². The van der Waals surface area contributed by atoms with E-state index in [9.17, 15) is 0 Å². The van der Waals surface area contributed by atoms with Crippen LogP contribution in [0.1, 0.15) is 31.4 Å². The third kappa shape index (κ3) is 3.67. The summed E-state index contributed by atoms with van der Waals surface area (Å²) in [6.45, 7) is 12.4. The maximum atomic E-state index is 3.71. The molecule has 0 aromatic heterocycles. The first-order valence-corrected chi connectivity index (χ1v) is 16.6. The molecule has 184 valence electrons. The molecule has 3 aromatic carbocycles. The number of nitrogens with zero attached hydrogens (tertiary/aromatic N) is 1. The lowest BCUT2D eigenvalue weighted by Crippen LogP contribution is -2.54. The third-order valence-electron chi connectivity index (χ3n) is 9.07. The predicted octanol–water partition coefficient (Wildman–Crippen LogP) is 9.33. The number of benzene rings is 3. The van der Waals surface area contributed by atoms with Crippen molar-refractivity contribution in [3.63, 3.8) is 0 Å². The van der Waals surface area contributed by atoms with Crippen molar-refractivity contribution in [1.29, 1.82) is 0 Å². The van der Waals surface area contributed by atoms with Crippen molar-refractivity contribution in [2.24, 2.45) is 23.7 Å². The first kappa shape index (κ1) is 23.4. The molecule has 2 aliphatic carbocycles. The number of anilines is 4. The lowest BCUT2D eigenvalue weighted by atomic mass is 9.81. The van der Waals surface area contributed by atoms with E-state index < -0.39 is 8.24 Å². The number of fused-ring (bicyclic) bond motifs is 3. The van der Waals surface area contributed by atoms with Crippen LogP contribution in [0.2, 0.25) is 18.6 Å². The van der Waals surface area contributed by atoms with Crippen molar-refractivity contribution in [2.75, 3.05) is 9.88 Å². The summed E-state index contributed by atoms with van der Waals surface area (Å²) in [5, 5.41) is 3.71. The topological polar surface area (TPSA) is 15.3 Å². The van der Waals surface area contributed by atoms with Crippen molar-refractivity contribution in [3.8, 4) is 0 Å². The first-order chi connectivity index (χ1) is 17.4. The Labute approximate surface area is 217 Å². The molecule has 0 amide bonds. The monoisotopic (exact) mass is 490 g/mol. The van der Waals surface area contributed by atoms with Gasteiger partial charge in [-0.05, 0) is 78.0 Å². The zero-order chi connectivity index (χ0) is 25.0. The molecule has 3 aromatic rings. The van der Waals surface area contributed by atoms with Crippen LogP contribution in [-0.4, -0.2) is 8.24 Å². The van der Waals surface area contributed by atoms with E-state index in [1.807, 2.05) is 0 Å². The summed E-state index contributed by atoms with van der Waals surface area (Å²) in [6.07, 6.45) is 8.60. The Morgan fingerprint density at radius 1 is 0.861 bits per heavy atom. The molecule has 2 nitrogen and oxygen atoms in total. The highest BCUT2D eigenvalue weighted by atomic mass is 28.3. The molecule has 0 saturated heterocycles. The molecule has 1 heterocycles. The van der Waals surface area contributed by atoms with Gasteiger partial charge in [-0.1, -0.05) is 99.3 Å². The van der Waals surface area contributed by atoms with Gasteiger partial charge >= 0.3 is 0 Å². The standard InChI is InChI=1S/C33H38N2Si/c1-22(2)27-21-28-25(24-19-17-23(3)18-20-24)11-10-12-26(28)33(27)36(4,5)35-31-15-8-6-13-29(31)34-30-14-7-9-16-32(30)35/h6-20,22,26-28,33-34H,21H2,1-5H3/t26-,27-,28+,33?/m0/s1. The highest BCUT2D eigenvalue weighted by molar-refractivity contribution is 6.84. The van der Waals surface area contributed by atoms with Crippen LogP contribution in [0.15, 0.2) is 91.0 Å². The van der Waals surface area contributed by atoms with E-state index in [0.29, 0.717) is 29.2 Å². The molecule has 1 N–H and O–H groups in total. The number of nitrogens with one attached hydrogen (secondary N) is 1. The minimum Gasteiger partial charge on any atom is -0.366 e. The fourth-order valence-corrected chi connectivity index (χ4v) is 12.2. The molecular weight excluding hydrogens is 452 g/mol. The van der Waals surface area contributed by atoms with Crippen LogP contribution in [-0.2, 0) is 0 Å². The smallest absolute Gasteiger partial charge is 0.160 e. The van der Waals surface area contributed by atoms with Crippen LogP contribution >= 0.6 is 0 Å². The van der Waals surface area contributed by atoms with Crippen molar-refractivity contribution >= 4 is 36.6 Å². The second-order valence-corrected chi connectivity index (χ2v) is 16.3. The summed E-state index contributed by atoms with van der Waals surface area (Å²) >= 11 is 0. The quantitative estimate of drug-likeness (QED) is 0.366. The van der Waals surface area contributed by atoms with Gasteiger partial charge in [0.1, 0.15) is 0 Å². The van der Waals surface area contributed by atoms with E-state index >= 15 is 0 Å². The molecule has 0 spiro atoms. The van der Waals surface area contributed by atoms with Crippen LogP contribution in [0.25, 0.3) is 5.57 Å². The van der Waals surface area contributed by atoms with E-state index in [2.05, 4.69) is 135 Å². The highest BCUT2D eigenvalue weighted by Crippen LogP contribution is 2.61. The zero-order valence-electron chi connectivity index (χ0n) is 22.2. The van der Waals surface area contributed by atoms with Gasteiger partial charge in [0.25, 0.3) is 0 Å². The van der Waals surface area contributed by atoms with Gasteiger partial charge in [0, 0.05) is 0 Å². The Hall–Kier alpha value is -3.04. The number of allylic oxidation sites excluding steroid dienone is 4. The van der Waals surface area contributed by atoms with Gasteiger partial charge in [0.15, 0.2) is 8.24 Å². The molecular formula is C33H38N2Si. The Bertz CT molecular complexity index is 1290. The van der Waals surface area contributed by atoms with Crippen molar-refractivity contribution in [3.05, 3.63) is 102 Å². The lowest BCUT2D eigenvalue weighted by molar-refractivity contribution is 0.379. The second kappa shape index (κ2) is 8.81. The van der Waals surface area contributed by atoms with E-state index in [0.717, 1.165) is 0 Å². The van der Waals surface area contributed by atoms with Gasteiger partial charge in [0.05, 0.1) is 22.7 Å². The van der Waals surface area contributed by atoms with Crippen LogP contribution in [0.4, 0.5) is 22.7 Å². The number of para-hydroxylation sites is 4. The number of aryl methyl sites for hydroxylation is 1. The Balaban J connectivity index is 1.46. The molecule has 1 aliphatic heterocycles. The predicted molar refractivity (Wildman–Crippen MR) is 158 cm³/mol. The van der Waals surface area contributed by atoms with E-state index in [-0.39, 0.29) is 0 Å². The van der Waals surface area contributed by atoms with Crippen LogP contribution in [0, 0.1) is 30.6 Å². The molecule has 36 heavy (non-hydrogen) atoms. The molecule has 4 atom stereocenters. The Kier molecular flexibility index (Phi) is 5.72. The number of hydrogen-bond acceptors (Lipinski definition) is 2. The van der Waals surface area contributed by atoms with Crippen molar-refractivity contribution in [2.45, 2.75) is 45.8 Å². The van der Waals surface area contributed by atoms with Gasteiger partial charge in [-0.3, -0.25) is 0 Å². The van der Waals surface area contributed by atoms with Gasteiger partial charge in [-0.25, -0.2) is 0 Å². The third-order valence-corrected chi connectivity index (χ3v) is 13.1. The Morgan fingerprint density at radius 2 is 1.47 bits per heavy atom. The summed E-state index contributed by atoms with van der Waals surface area (Å²) in [6, 6.07) is 27.0. The molecule has 0 radical (unpaired) electrons. The summed E-state index contributed by atoms with van der Waals surface area (Å²) in [4.78, 5) is 0. The molecule has 6 rings (SSSR count). The maximum absolute atomic E-state index is 3.71. The summed E-state index contributed by atoms with van der Waals surface area (Å²) in [7, 11) is -2.03. The molecule has 0 bridgehead atoms. The minimum atomic E-state index is -2.03. The van der Waals surface area contributed by atoms with Crippen molar-refractivity contribution < 1.29 is 0 Å². The highest BCUT2D eigenvalue weighted by Gasteiger charge is 2.55. The molecule has 1 fully saturated rings. The maximum Gasteiger partial charge on any atom is 0.160 e. The largest absolute Gasteiger partial charge is 0.366 e. The second-order valence-electron chi connectivity index (χ2n) is 11.9. The fraction of sp³-hybridized carbons (Fsp3) is 0.333. The molecule has 3 heteroatoms. The van der Waals surface area contributed by atoms with Crippen LogP contribution in [0.5, 0.6) is 0 Å². The molecule has 1 saturated carbocycles.